The van der Waals surface area contributed by atoms with Gasteiger partial charge in [-0.1, -0.05) is 35.4 Å². The van der Waals surface area contributed by atoms with Crippen molar-refractivity contribution in [2.75, 3.05) is 6.61 Å². The Morgan fingerprint density at radius 2 is 1.22 bits per heavy atom. The Kier molecular flexibility index (Phi) is 5.15. The molecular weight excluding hydrogens is 352 g/mol. The summed E-state index contributed by atoms with van der Waals surface area (Å²) in [6.07, 6.45) is -0.807. The summed E-state index contributed by atoms with van der Waals surface area (Å²) in [7, 11) is -2.72. The van der Waals surface area contributed by atoms with E-state index in [2.05, 4.69) is 65.8 Å². The van der Waals surface area contributed by atoms with Crippen LogP contribution in [0.4, 0.5) is 0 Å². The van der Waals surface area contributed by atoms with Gasteiger partial charge in [-0.3, -0.25) is 0 Å². The van der Waals surface area contributed by atoms with Crippen LogP contribution in [0, 0.1) is 41.5 Å². The zero-order chi connectivity index (χ0) is 20.1. The number of rotatable bonds is 2. The highest BCUT2D eigenvalue weighted by Gasteiger charge is 2.53. The Balaban J connectivity index is 2.34. The van der Waals surface area contributed by atoms with Crippen molar-refractivity contribution in [3.8, 4) is 0 Å². The third kappa shape index (κ3) is 3.40. The van der Waals surface area contributed by atoms with Crippen LogP contribution in [-0.2, 0) is 4.43 Å². The minimum absolute atomic E-state index is 0.153. The zero-order valence-corrected chi connectivity index (χ0v) is 18.6. The van der Waals surface area contributed by atoms with Crippen LogP contribution in [0.1, 0.15) is 40.3 Å². The molecule has 3 rings (SSSR count). The molecule has 2 atom stereocenters. The molecule has 3 nitrogen and oxygen atoms in total. The van der Waals surface area contributed by atoms with Crippen molar-refractivity contribution in [2.45, 2.75) is 66.2 Å². The first-order valence-electron chi connectivity index (χ1n) is 9.69. The molecule has 0 aliphatic carbocycles. The summed E-state index contributed by atoms with van der Waals surface area (Å²) in [6, 6.07) is 9.29. The molecule has 0 amide bonds. The molecule has 2 N–H and O–H groups in total. The van der Waals surface area contributed by atoms with Gasteiger partial charge in [0.1, 0.15) is 5.60 Å². The van der Waals surface area contributed by atoms with E-state index in [4.69, 9.17) is 4.43 Å². The maximum absolute atomic E-state index is 10.9. The van der Waals surface area contributed by atoms with Gasteiger partial charge in [0.05, 0.1) is 12.7 Å². The maximum atomic E-state index is 10.9. The normalized spacial score (nSPS) is 24.9. The van der Waals surface area contributed by atoms with Crippen molar-refractivity contribution in [1.82, 2.24) is 0 Å². The number of hydrogen-bond acceptors (Lipinski definition) is 3. The quantitative estimate of drug-likeness (QED) is 0.783. The lowest BCUT2D eigenvalue weighted by Gasteiger charge is -2.46. The van der Waals surface area contributed by atoms with Crippen LogP contribution in [0.3, 0.4) is 0 Å². The van der Waals surface area contributed by atoms with Crippen molar-refractivity contribution in [3.63, 3.8) is 0 Å². The third-order valence-electron chi connectivity index (χ3n) is 5.97. The number of aliphatic hydroxyl groups is 2. The predicted octanol–water partition coefficient (Wildman–Crippen LogP) is 2.74. The number of aryl methyl sites for hydroxylation is 6. The van der Waals surface area contributed by atoms with E-state index < -0.39 is 20.0 Å². The van der Waals surface area contributed by atoms with E-state index in [0.717, 1.165) is 0 Å². The molecule has 0 saturated carbocycles. The van der Waals surface area contributed by atoms with E-state index in [9.17, 15) is 10.2 Å². The van der Waals surface area contributed by atoms with Gasteiger partial charge in [-0.15, -0.1) is 0 Å². The first-order chi connectivity index (χ1) is 12.5. The molecule has 0 bridgehead atoms. The van der Waals surface area contributed by atoms with Gasteiger partial charge in [-0.05, 0) is 81.1 Å². The Labute approximate surface area is 164 Å². The first kappa shape index (κ1) is 20.3. The fourth-order valence-electron chi connectivity index (χ4n) is 5.02. The van der Waals surface area contributed by atoms with Gasteiger partial charge in [0.2, 0.25) is 0 Å². The van der Waals surface area contributed by atoms with Gasteiger partial charge in [-0.25, -0.2) is 0 Å². The molecule has 0 aromatic heterocycles. The summed E-state index contributed by atoms with van der Waals surface area (Å²) in [4.78, 5) is 0. The largest absolute Gasteiger partial charge is 0.405 e. The second-order valence-corrected chi connectivity index (χ2v) is 12.1. The van der Waals surface area contributed by atoms with Crippen LogP contribution >= 0.6 is 0 Å². The van der Waals surface area contributed by atoms with E-state index in [1.165, 1.54) is 43.8 Å². The van der Waals surface area contributed by atoms with E-state index >= 15 is 0 Å². The first-order valence-corrected chi connectivity index (χ1v) is 11.8. The van der Waals surface area contributed by atoms with Gasteiger partial charge >= 0.3 is 0 Å². The van der Waals surface area contributed by atoms with Crippen LogP contribution in [-0.4, -0.2) is 36.8 Å². The number of hydrogen-bond donors (Lipinski definition) is 2. The fourth-order valence-corrected chi connectivity index (χ4v) is 10.4. The zero-order valence-electron chi connectivity index (χ0n) is 17.6. The maximum Gasteiger partial charge on any atom is 0.259 e. The van der Waals surface area contributed by atoms with Crippen molar-refractivity contribution in [2.24, 2.45) is 0 Å². The molecule has 2 aromatic rings. The minimum atomic E-state index is -2.72. The summed E-state index contributed by atoms with van der Waals surface area (Å²) in [5.41, 5.74) is 6.12. The van der Waals surface area contributed by atoms with Crippen molar-refractivity contribution in [3.05, 3.63) is 57.6 Å². The Morgan fingerprint density at radius 3 is 1.56 bits per heavy atom. The second-order valence-electron chi connectivity index (χ2n) is 8.74. The molecule has 1 aliphatic rings. The lowest BCUT2D eigenvalue weighted by Crippen LogP contribution is -2.71. The topological polar surface area (TPSA) is 49.7 Å². The predicted molar refractivity (Wildman–Crippen MR) is 114 cm³/mol. The highest BCUT2D eigenvalue weighted by atomic mass is 28.4. The van der Waals surface area contributed by atoms with E-state index in [-0.39, 0.29) is 6.61 Å². The van der Waals surface area contributed by atoms with E-state index in [1.807, 2.05) is 0 Å². The molecule has 0 unspecified atom stereocenters. The molecule has 4 heteroatoms. The van der Waals surface area contributed by atoms with Crippen LogP contribution in [0.2, 0.25) is 6.04 Å². The SMILES string of the molecule is Cc1cc(C)c([Si]2(c3c(C)cc(C)cc3C)C[C@H](O)[C@@](C)(O)CO2)c(C)c1. The molecular formula is C23H32O3Si. The molecule has 0 spiro atoms. The average Bonchev–Trinajstić information content (AvgIpc) is 2.49. The highest BCUT2D eigenvalue weighted by molar-refractivity contribution is 6.98. The van der Waals surface area contributed by atoms with Crippen molar-refractivity contribution in [1.29, 1.82) is 0 Å². The molecule has 27 heavy (non-hydrogen) atoms. The smallest absolute Gasteiger partial charge is 0.259 e. The molecule has 2 aromatic carbocycles. The Hall–Kier alpha value is -1.46. The van der Waals surface area contributed by atoms with E-state index in [1.54, 1.807) is 6.92 Å². The summed E-state index contributed by atoms with van der Waals surface area (Å²) in [6.45, 7) is 14.6. The molecule has 1 fully saturated rings. The number of benzene rings is 2. The number of aliphatic hydroxyl groups excluding tert-OH is 1. The van der Waals surface area contributed by atoms with Gasteiger partial charge < -0.3 is 14.6 Å². The molecule has 1 saturated heterocycles. The lowest BCUT2D eigenvalue weighted by atomic mass is 10.0. The Bertz CT molecular complexity index is 782. The van der Waals surface area contributed by atoms with Crippen LogP contribution in [0.5, 0.6) is 0 Å². The van der Waals surface area contributed by atoms with Crippen molar-refractivity contribution >= 4 is 18.7 Å². The molecule has 1 aliphatic heterocycles. The van der Waals surface area contributed by atoms with Gasteiger partial charge in [0.15, 0.2) is 0 Å². The Morgan fingerprint density at radius 1 is 0.852 bits per heavy atom. The third-order valence-corrected chi connectivity index (χ3v) is 10.8. The van der Waals surface area contributed by atoms with Gasteiger partial charge in [0, 0.05) is 6.04 Å². The standard InChI is InChI=1S/C23H32O3Si/c1-14-8-16(3)21(17(4)9-14)27(12-20(24)23(7,25)13-26-27)22-18(5)10-15(2)11-19(22)6/h8-11,20,24-25H,12-13H2,1-7H3/t20-,23-/m0/s1. The highest BCUT2D eigenvalue weighted by Crippen LogP contribution is 2.32. The summed E-state index contributed by atoms with van der Waals surface area (Å²) in [5, 5.41) is 24.0. The van der Waals surface area contributed by atoms with Crippen LogP contribution < -0.4 is 10.4 Å². The monoisotopic (exact) mass is 384 g/mol. The summed E-state index contributed by atoms with van der Waals surface area (Å²) in [5.74, 6) is 0. The molecule has 1 heterocycles. The van der Waals surface area contributed by atoms with Gasteiger partial charge in [0.25, 0.3) is 8.32 Å². The second kappa shape index (κ2) is 6.85. The van der Waals surface area contributed by atoms with E-state index in [0.29, 0.717) is 6.04 Å². The minimum Gasteiger partial charge on any atom is -0.405 e. The van der Waals surface area contributed by atoms with Crippen LogP contribution in [0.15, 0.2) is 24.3 Å². The van der Waals surface area contributed by atoms with Gasteiger partial charge in [-0.2, -0.15) is 0 Å². The molecule has 146 valence electrons. The summed E-state index contributed by atoms with van der Waals surface area (Å²) >= 11 is 0. The van der Waals surface area contributed by atoms with Crippen molar-refractivity contribution < 1.29 is 14.6 Å². The lowest BCUT2D eigenvalue weighted by molar-refractivity contribution is -0.0942. The average molecular weight is 385 g/mol. The fraction of sp³-hybridized carbons (Fsp3) is 0.478. The molecule has 0 radical (unpaired) electrons. The summed E-state index contributed by atoms with van der Waals surface area (Å²) < 4.78 is 6.66. The van der Waals surface area contributed by atoms with Crippen LogP contribution in [0.25, 0.3) is 0 Å².